The van der Waals surface area contributed by atoms with E-state index in [1.54, 1.807) is 0 Å². The van der Waals surface area contributed by atoms with Crippen LogP contribution in [0.2, 0.25) is 0 Å². The molecular weight excluding hydrogens is 226 g/mol. The molecule has 1 unspecified atom stereocenters. The van der Waals surface area contributed by atoms with Crippen molar-refractivity contribution in [2.24, 2.45) is 0 Å². The zero-order valence-electron chi connectivity index (χ0n) is 11.6. The Labute approximate surface area is 110 Å². The van der Waals surface area contributed by atoms with Gasteiger partial charge in [-0.3, -0.25) is 4.90 Å². The lowest BCUT2D eigenvalue weighted by Crippen LogP contribution is -2.40. The van der Waals surface area contributed by atoms with Crippen LogP contribution in [-0.2, 0) is 11.3 Å². The summed E-state index contributed by atoms with van der Waals surface area (Å²) in [5.74, 6) is 0.962. The molecule has 1 heterocycles. The van der Waals surface area contributed by atoms with Gasteiger partial charge in [-0.1, -0.05) is 12.1 Å². The van der Waals surface area contributed by atoms with Gasteiger partial charge in [0.2, 0.25) is 0 Å². The third kappa shape index (κ3) is 4.00. The first-order valence-electron chi connectivity index (χ1n) is 6.73. The minimum Gasteiger partial charge on any atom is -0.491 e. The highest BCUT2D eigenvalue weighted by atomic mass is 16.5. The molecule has 0 bridgehead atoms. The van der Waals surface area contributed by atoms with Crippen LogP contribution in [0.3, 0.4) is 0 Å². The topological polar surface area (TPSA) is 21.7 Å². The Balaban J connectivity index is 1.96. The average Bonchev–Trinajstić information content (AvgIpc) is 2.28. The third-order valence-electron chi connectivity index (χ3n) is 3.00. The maximum absolute atomic E-state index is 5.72. The fourth-order valence-corrected chi connectivity index (χ4v) is 2.28. The first-order valence-corrected chi connectivity index (χ1v) is 6.73. The molecule has 1 aromatic rings. The Morgan fingerprint density at radius 1 is 1.44 bits per heavy atom. The van der Waals surface area contributed by atoms with Gasteiger partial charge < -0.3 is 9.47 Å². The summed E-state index contributed by atoms with van der Waals surface area (Å²) < 4.78 is 11.3. The van der Waals surface area contributed by atoms with Gasteiger partial charge >= 0.3 is 0 Å². The van der Waals surface area contributed by atoms with Crippen molar-refractivity contribution < 1.29 is 9.47 Å². The summed E-state index contributed by atoms with van der Waals surface area (Å²) in [6.07, 6.45) is 0.567. The van der Waals surface area contributed by atoms with Crippen molar-refractivity contribution in [1.82, 2.24) is 4.90 Å². The van der Waals surface area contributed by atoms with E-state index in [4.69, 9.17) is 9.47 Å². The number of rotatable bonds is 4. The summed E-state index contributed by atoms with van der Waals surface area (Å²) in [5, 5.41) is 0. The molecule has 3 nitrogen and oxygen atoms in total. The fraction of sp³-hybridized carbons (Fsp3) is 0.600. The highest BCUT2D eigenvalue weighted by Gasteiger charge is 2.16. The van der Waals surface area contributed by atoms with Gasteiger partial charge in [0.05, 0.1) is 18.8 Å². The van der Waals surface area contributed by atoms with Crippen molar-refractivity contribution >= 4 is 0 Å². The van der Waals surface area contributed by atoms with Crippen molar-refractivity contribution in [3.05, 3.63) is 29.8 Å². The second-order valence-electron chi connectivity index (χ2n) is 5.23. The minimum absolute atomic E-state index is 0.226. The average molecular weight is 249 g/mol. The second kappa shape index (κ2) is 6.21. The quantitative estimate of drug-likeness (QED) is 0.819. The van der Waals surface area contributed by atoms with Crippen molar-refractivity contribution in [1.29, 1.82) is 0 Å². The molecule has 0 amide bonds. The van der Waals surface area contributed by atoms with Gasteiger partial charge in [0.1, 0.15) is 5.75 Å². The molecule has 100 valence electrons. The van der Waals surface area contributed by atoms with E-state index in [0.717, 1.165) is 32.0 Å². The number of ether oxygens (including phenoxy) is 2. The zero-order chi connectivity index (χ0) is 13.0. The molecule has 1 atom stereocenters. The summed E-state index contributed by atoms with van der Waals surface area (Å²) >= 11 is 0. The number of nitrogens with zero attached hydrogens (tertiary/aromatic N) is 1. The molecule has 1 aromatic carbocycles. The van der Waals surface area contributed by atoms with E-state index in [-0.39, 0.29) is 6.10 Å². The lowest BCUT2D eigenvalue weighted by Gasteiger charge is -2.31. The number of morpholine rings is 1. The van der Waals surface area contributed by atoms with Crippen molar-refractivity contribution in [2.45, 2.75) is 39.5 Å². The molecule has 2 rings (SSSR count). The number of hydrogen-bond donors (Lipinski definition) is 0. The zero-order valence-corrected chi connectivity index (χ0v) is 11.6. The molecule has 18 heavy (non-hydrogen) atoms. The highest BCUT2D eigenvalue weighted by molar-refractivity contribution is 5.28. The first-order chi connectivity index (χ1) is 8.63. The van der Waals surface area contributed by atoms with Gasteiger partial charge in [-0.25, -0.2) is 0 Å². The summed E-state index contributed by atoms with van der Waals surface area (Å²) in [4.78, 5) is 2.43. The smallest absolute Gasteiger partial charge is 0.120 e. The number of hydrogen-bond acceptors (Lipinski definition) is 3. The van der Waals surface area contributed by atoms with E-state index in [0.29, 0.717) is 6.10 Å². The van der Waals surface area contributed by atoms with Crippen LogP contribution in [0, 0.1) is 0 Å². The molecule has 0 radical (unpaired) electrons. The van der Waals surface area contributed by atoms with Crippen LogP contribution in [-0.4, -0.2) is 36.8 Å². The van der Waals surface area contributed by atoms with Crippen LogP contribution in [0.5, 0.6) is 5.75 Å². The maximum Gasteiger partial charge on any atom is 0.120 e. The molecule has 0 saturated carbocycles. The molecule has 0 aromatic heterocycles. The normalized spacial score (nSPS) is 21.2. The summed E-state index contributed by atoms with van der Waals surface area (Å²) in [6.45, 7) is 10.1. The second-order valence-corrected chi connectivity index (χ2v) is 5.23. The Morgan fingerprint density at radius 3 is 3.00 bits per heavy atom. The van der Waals surface area contributed by atoms with Crippen molar-refractivity contribution in [2.75, 3.05) is 19.7 Å². The van der Waals surface area contributed by atoms with Gasteiger partial charge in [0, 0.05) is 19.6 Å². The molecule has 3 heteroatoms. The molecule has 0 spiro atoms. The molecule has 0 N–H and O–H groups in total. The van der Waals surface area contributed by atoms with Crippen molar-refractivity contribution in [3.8, 4) is 5.75 Å². The summed E-state index contributed by atoms with van der Waals surface area (Å²) in [6, 6.07) is 8.38. The largest absolute Gasteiger partial charge is 0.491 e. The molecule has 1 aliphatic rings. The Hall–Kier alpha value is -1.06. The fourth-order valence-electron chi connectivity index (χ4n) is 2.28. The van der Waals surface area contributed by atoms with E-state index in [9.17, 15) is 0 Å². The first kappa shape index (κ1) is 13.4. The van der Waals surface area contributed by atoms with Crippen LogP contribution in [0.15, 0.2) is 24.3 Å². The van der Waals surface area contributed by atoms with Gasteiger partial charge in [0.15, 0.2) is 0 Å². The monoisotopic (exact) mass is 249 g/mol. The van der Waals surface area contributed by atoms with Gasteiger partial charge in [-0.05, 0) is 38.5 Å². The summed E-state index contributed by atoms with van der Waals surface area (Å²) in [7, 11) is 0. The Kier molecular flexibility index (Phi) is 4.61. The standard InChI is InChI=1S/C15H23NO2/c1-12(2)18-15-6-4-5-14(9-15)11-16-7-8-17-13(3)10-16/h4-6,9,12-13H,7-8,10-11H2,1-3H3. The van der Waals surface area contributed by atoms with E-state index in [2.05, 4.69) is 43.9 Å². The minimum atomic E-state index is 0.226. The molecule has 1 fully saturated rings. The number of benzene rings is 1. The van der Waals surface area contributed by atoms with Crippen LogP contribution >= 0.6 is 0 Å². The SMILES string of the molecule is CC(C)Oc1cccc(CN2CCOC(C)C2)c1. The predicted octanol–water partition coefficient (Wildman–Crippen LogP) is 2.69. The molecular formula is C15H23NO2. The Morgan fingerprint density at radius 2 is 2.28 bits per heavy atom. The Bertz CT molecular complexity index is 379. The highest BCUT2D eigenvalue weighted by Crippen LogP contribution is 2.17. The van der Waals surface area contributed by atoms with Crippen LogP contribution in [0.1, 0.15) is 26.3 Å². The summed E-state index contributed by atoms with van der Waals surface area (Å²) in [5.41, 5.74) is 1.31. The maximum atomic E-state index is 5.72. The lowest BCUT2D eigenvalue weighted by molar-refractivity contribution is -0.0212. The van der Waals surface area contributed by atoms with E-state index >= 15 is 0 Å². The van der Waals surface area contributed by atoms with Gasteiger partial charge in [0.25, 0.3) is 0 Å². The van der Waals surface area contributed by atoms with E-state index in [1.807, 2.05) is 6.07 Å². The van der Waals surface area contributed by atoms with Gasteiger partial charge in [-0.15, -0.1) is 0 Å². The van der Waals surface area contributed by atoms with Gasteiger partial charge in [-0.2, -0.15) is 0 Å². The van der Waals surface area contributed by atoms with Crippen molar-refractivity contribution in [3.63, 3.8) is 0 Å². The van der Waals surface area contributed by atoms with E-state index in [1.165, 1.54) is 5.56 Å². The molecule has 1 aliphatic heterocycles. The molecule has 1 saturated heterocycles. The lowest BCUT2D eigenvalue weighted by atomic mass is 10.2. The van der Waals surface area contributed by atoms with Crippen LogP contribution < -0.4 is 4.74 Å². The third-order valence-corrected chi connectivity index (χ3v) is 3.00. The van der Waals surface area contributed by atoms with Crippen LogP contribution in [0.25, 0.3) is 0 Å². The van der Waals surface area contributed by atoms with Crippen LogP contribution in [0.4, 0.5) is 0 Å². The predicted molar refractivity (Wildman–Crippen MR) is 72.9 cm³/mol. The molecule has 0 aliphatic carbocycles. The van der Waals surface area contributed by atoms with E-state index < -0.39 is 0 Å².